The lowest BCUT2D eigenvalue weighted by Gasteiger charge is -2.13. The molecular weight excluding hydrogens is 450 g/mol. The van der Waals surface area contributed by atoms with Crippen molar-refractivity contribution in [3.63, 3.8) is 0 Å². The second-order valence-electron chi connectivity index (χ2n) is 6.92. The highest BCUT2D eigenvalue weighted by atomic mass is 32.2. The summed E-state index contributed by atoms with van der Waals surface area (Å²) in [6.07, 6.45) is 1.56. The largest absolute Gasteiger partial charge is 0.493 e. The van der Waals surface area contributed by atoms with Gasteiger partial charge in [0.05, 0.1) is 26.0 Å². The molecule has 0 spiro atoms. The van der Waals surface area contributed by atoms with Crippen molar-refractivity contribution < 1.29 is 19.1 Å². The van der Waals surface area contributed by atoms with E-state index in [1.807, 2.05) is 6.07 Å². The first-order valence-corrected chi connectivity index (χ1v) is 11.2. The quantitative estimate of drug-likeness (QED) is 0.344. The first-order chi connectivity index (χ1) is 16.5. The predicted octanol–water partition coefficient (Wildman–Crippen LogP) is 4.73. The number of nitriles is 1. The van der Waals surface area contributed by atoms with Crippen LogP contribution in [0.3, 0.4) is 0 Å². The molecule has 2 N–H and O–H groups in total. The lowest BCUT2D eigenvalue weighted by Crippen LogP contribution is -2.30. The number of amides is 2. The van der Waals surface area contributed by atoms with Gasteiger partial charge in [0.15, 0.2) is 11.5 Å². The number of rotatable bonds is 9. The molecule has 0 saturated carbocycles. The highest BCUT2D eigenvalue weighted by Crippen LogP contribution is 2.28. The number of anilines is 1. The van der Waals surface area contributed by atoms with Gasteiger partial charge in [0.1, 0.15) is 5.70 Å². The molecule has 0 aliphatic heterocycles. The molecule has 0 heterocycles. The molecule has 3 aromatic rings. The third-order valence-corrected chi connectivity index (χ3v) is 5.50. The Balaban J connectivity index is 1.91. The topological polar surface area (TPSA) is 100 Å². The number of carbonyl (C=O) groups is 2. The van der Waals surface area contributed by atoms with Gasteiger partial charge in [0.25, 0.3) is 11.8 Å². The number of methoxy groups -OCH3 is 2. The zero-order valence-corrected chi connectivity index (χ0v) is 19.5. The van der Waals surface area contributed by atoms with E-state index in [-0.39, 0.29) is 5.70 Å². The summed E-state index contributed by atoms with van der Waals surface area (Å²) < 4.78 is 10.6. The number of thioether (sulfide) groups is 1. The van der Waals surface area contributed by atoms with Crippen LogP contribution in [0, 0.1) is 11.3 Å². The Morgan fingerprint density at radius 3 is 2.44 bits per heavy atom. The first-order valence-electron chi connectivity index (χ1n) is 10.3. The Bertz CT molecular complexity index is 1240. The highest BCUT2D eigenvalue weighted by molar-refractivity contribution is 7.99. The fourth-order valence-electron chi connectivity index (χ4n) is 3.03. The lowest BCUT2D eigenvalue weighted by atomic mass is 10.1. The van der Waals surface area contributed by atoms with Crippen LogP contribution in [0.4, 0.5) is 5.69 Å². The summed E-state index contributed by atoms with van der Waals surface area (Å²) in [5.41, 5.74) is 1.65. The number of benzene rings is 3. The fourth-order valence-corrected chi connectivity index (χ4v) is 3.65. The van der Waals surface area contributed by atoms with Gasteiger partial charge in [-0.15, -0.1) is 11.8 Å². The summed E-state index contributed by atoms with van der Waals surface area (Å²) in [6, 6.07) is 23.0. The summed E-state index contributed by atoms with van der Waals surface area (Å²) in [6.45, 7) is 0. The molecule has 0 fully saturated rings. The van der Waals surface area contributed by atoms with Crippen LogP contribution >= 0.6 is 11.8 Å². The molecule has 0 unspecified atom stereocenters. The van der Waals surface area contributed by atoms with Crippen molar-refractivity contribution in [1.82, 2.24) is 5.32 Å². The van der Waals surface area contributed by atoms with Crippen LogP contribution < -0.4 is 20.1 Å². The molecule has 172 valence electrons. The van der Waals surface area contributed by atoms with E-state index in [0.717, 1.165) is 4.90 Å². The van der Waals surface area contributed by atoms with Crippen LogP contribution in [0.1, 0.15) is 15.9 Å². The van der Waals surface area contributed by atoms with Gasteiger partial charge in [-0.05, 0) is 54.1 Å². The maximum Gasteiger partial charge on any atom is 0.272 e. The molecule has 8 heteroatoms. The van der Waals surface area contributed by atoms with Crippen LogP contribution in [-0.4, -0.2) is 31.8 Å². The zero-order chi connectivity index (χ0) is 24.3. The van der Waals surface area contributed by atoms with Crippen LogP contribution in [-0.2, 0) is 4.79 Å². The molecule has 2 amide bonds. The van der Waals surface area contributed by atoms with Crippen molar-refractivity contribution in [2.24, 2.45) is 0 Å². The van der Waals surface area contributed by atoms with Crippen molar-refractivity contribution >= 4 is 35.3 Å². The molecule has 0 saturated heterocycles. The summed E-state index contributed by atoms with van der Waals surface area (Å²) in [5.74, 6) is 0.426. The van der Waals surface area contributed by atoms with Crippen molar-refractivity contribution in [2.75, 3.05) is 25.3 Å². The SMILES string of the molecule is COc1ccc(/C=C(/NC(=O)c2ccccc2)C(=O)Nc2cccc(SCC#N)c2)cc1OC. The van der Waals surface area contributed by atoms with E-state index < -0.39 is 11.8 Å². The third kappa shape index (κ3) is 6.64. The van der Waals surface area contributed by atoms with Crippen LogP contribution in [0.5, 0.6) is 11.5 Å². The van der Waals surface area contributed by atoms with Gasteiger partial charge < -0.3 is 20.1 Å². The van der Waals surface area contributed by atoms with E-state index in [4.69, 9.17) is 14.7 Å². The molecular formula is C26H23N3O4S. The molecule has 0 aliphatic rings. The minimum absolute atomic E-state index is 0.0520. The van der Waals surface area contributed by atoms with Gasteiger partial charge in [-0.2, -0.15) is 5.26 Å². The molecule has 0 atom stereocenters. The maximum atomic E-state index is 13.2. The minimum atomic E-state index is -0.499. The third-order valence-electron chi connectivity index (χ3n) is 4.64. The van der Waals surface area contributed by atoms with E-state index in [2.05, 4.69) is 16.7 Å². The Morgan fingerprint density at radius 2 is 1.74 bits per heavy atom. The number of hydrogen-bond donors (Lipinski definition) is 2. The summed E-state index contributed by atoms with van der Waals surface area (Å²) in [4.78, 5) is 26.8. The average Bonchev–Trinajstić information content (AvgIpc) is 2.87. The Labute approximate surface area is 202 Å². The molecule has 0 aromatic heterocycles. The van der Waals surface area contributed by atoms with E-state index >= 15 is 0 Å². The van der Waals surface area contributed by atoms with Gasteiger partial charge >= 0.3 is 0 Å². The van der Waals surface area contributed by atoms with E-state index in [1.165, 1.54) is 26.0 Å². The molecule has 0 radical (unpaired) electrons. The van der Waals surface area contributed by atoms with Crippen LogP contribution in [0.25, 0.3) is 6.08 Å². The highest BCUT2D eigenvalue weighted by Gasteiger charge is 2.16. The van der Waals surface area contributed by atoms with Gasteiger partial charge in [-0.1, -0.05) is 30.3 Å². The number of nitrogens with one attached hydrogen (secondary N) is 2. The van der Waals surface area contributed by atoms with Crippen molar-refractivity contribution in [2.45, 2.75) is 4.90 Å². The Kier molecular flexibility index (Phi) is 8.72. The zero-order valence-electron chi connectivity index (χ0n) is 18.7. The molecule has 3 rings (SSSR count). The Morgan fingerprint density at radius 1 is 0.971 bits per heavy atom. The number of carbonyl (C=O) groups excluding carboxylic acids is 2. The number of nitrogens with zero attached hydrogens (tertiary/aromatic N) is 1. The van der Waals surface area contributed by atoms with E-state index in [0.29, 0.717) is 34.1 Å². The summed E-state index contributed by atoms with van der Waals surface area (Å²) in [7, 11) is 3.06. The summed E-state index contributed by atoms with van der Waals surface area (Å²) in [5, 5.41) is 14.3. The maximum absolute atomic E-state index is 13.2. The lowest BCUT2D eigenvalue weighted by molar-refractivity contribution is -0.113. The molecule has 0 aliphatic carbocycles. The van der Waals surface area contributed by atoms with Gasteiger partial charge in [-0.3, -0.25) is 9.59 Å². The van der Waals surface area contributed by atoms with Crippen LogP contribution in [0.15, 0.2) is 83.4 Å². The fraction of sp³-hybridized carbons (Fsp3) is 0.115. The smallest absolute Gasteiger partial charge is 0.272 e. The predicted molar refractivity (Wildman–Crippen MR) is 133 cm³/mol. The number of ether oxygens (including phenoxy) is 2. The van der Waals surface area contributed by atoms with Crippen molar-refractivity contribution in [3.8, 4) is 17.6 Å². The van der Waals surface area contributed by atoms with Crippen LogP contribution in [0.2, 0.25) is 0 Å². The summed E-state index contributed by atoms with van der Waals surface area (Å²) >= 11 is 1.37. The van der Waals surface area contributed by atoms with Crippen molar-refractivity contribution in [3.05, 3.63) is 89.6 Å². The van der Waals surface area contributed by atoms with E-state index in [1.54, 1.807) is 72.8 Å². The monoisotopic (exact) mass is 473 g/mol. The normalized spacial score (nSPS) is 10.7. The first kappa shape index (κ1) is 24.4. The molecule has 7 nitrogen and oxygen atoms in total. The Hall–Kier alpha value is -4.22. The van der Waals surface area contributed by atoms with E-state index in [9.17, 15) is 9.59 Å². The van der Waals surface area contributed by atoms with Crippen molar-refractivity contribution in [1.29, 1.82) is 5.26 Å². The number of hydrogen-bond acceptors (Lipinski definition) is 6. The average molecular weight is 474 g/mol. The second-order valence-corrected chi connectivity index (χ2v) is 7.97. The molecule has 3 aromatic carbocycles. The van der Waals surface area contributed by atoms with Gasteiger partial charge in [-0.25, -0.2) is 0 Å². The second kappa shape index (κ2) is 12.1. The minimum Gasteiger partial charge on any atom is -0.493 e. The molecule has 34 heavy (non-hydrogen) atoms. The standard InChI is InChI=1S/C26H23N3O4S/c1-32-23-12-11-18(16-24(23)33-2)15-22(29-25(30)19-7-4-3-5-8-19)26(31)28-20-9-6-10-21(17-20)34-14-13-27/h3-12,15-17H,14H2,1-2H3,(H,28,31)(H,29,30)/b22-15+. The van der Waals surface area contributed by atoms with Gasteiger partial charge in [0.2, 0.25) is 0 Å². The van der Waals surface area contributed by atoms with Gasteiger partial charge in [0, 0.05) is 16.1 Å². The molecule has 0 bridgehead atoms.